The molecule has 1 aliphatic rings. The first-order valence-corrected chi connectivity index (χ1v) is 9.87. The Balaban J connectivity index is 1.83. The fourth-order valence-corrected chi connectivity index (χ4v) is 3.63. The van der Waals surface area contributed by atoms with Crippen molar-refractivity contribution in [1.82, 2.24) is 10.4 Å². The maximum atomic E-state index is 15.4. The van der Waals surface area contributed by atoms with Crippen LogP contribution in [0.25, 0.3) is 0 Å². The minimum Gasteiger partial charge on any atom is -0.246 e. The summed E-state index contributed by atoms with van der Waals surface area (Å²) in [6.07, 6.45) is -1.28. The number of halogens is 5. The van der Waals surface area contributed by atoms with Crippen molar-refractivity contribution < 1.29 is 22.0 Å². The Kier molecular flexibility index (Phi) is 6.90. The highest BCUT2D eigenvalue weighted by atomic mass is 19.4. The van der Waals surface area contributed by atoms with Gasteiger partial charge in [0.05, 0.1) is 11.6 Å². The van der Waals surface area contributed by atoms with Gasteiger partial charge in [-0.25, -0.2) is 10.4 Å². The molecule has 0 aromatic heterocycles. The van der Waals surface area contributed by atoms with Crippen LogP contribution in [0.1, 0.15) is 42.4 Å². The average molecular weight is 412 g/mol. The molecule has 1 saturated heterocycles. The average Bonchev–Trinajstić information content (AvgIpc) is 2.72. The third kappa shape index (κ3) is 5.76. The van der Waals surface area contributed by atoms with E-state index in [-0.39, 0.29) is 6.42 Å². The van der Waals surface area contributed by atoms with Gasteiger partial charge in [0.2, 0.25) is 0 Å². The van der Waals surface area contributed by atoms with Crippen LogP contribution in [0.4, 0.5) is 22.0 Å². The van der Waals surface area contributed by atoms with Gasteiger partial charge in [0.25, 0.3) is 5.92 Å². The number of aryl methyl sites for hydroxylation is 1. The van der Waals surface area contributed by atoms with Crippen LogP contribution in [0.3, 0.4) is 0 Å². The number of hydrazine groups is 1. The highest BCUT2D eigenvalue weighted by molar-refractivity contribution is 5.30. The first-order chi connectivity index (χ1) is 13.8. The molecule has 1 atom stereocenters. The summed E-state index contributed by atoms with van der Waals surface area (Å²) in [5.41, 5.74) is 2.16. The molecule has 0 aliphatic carbocycles. The third-order valence-corrected chi connectivity index (χ3v) is 5.27. The lowest BCUT2D eigenvalue weighted by Gasteiger charge is -2.36. The van der Waals surface area contributed by atoms with E-state index in [1.165, 1.54) is 0 Å². The van der Waals surface area contributed by atoms with Crippen LogP contribution < -0.4 is 5.43 Å². The maximum absolute atomic E-state index is 15.4. The highest BCUT2D eigenvalue weighted by Crippen LogP contribution is 2.38. The zero-order valence-electron chi connectivity index (χ0n) is 16.1. The third-order valence-electron chi connectivity index (χ3n) is 5.27. The molecule has 0 amide bonds. The van der Waals surface area contributed by atoms with Crippen LogP contribution in [0.5, 0.6) is 0 Å². The zero-order valence-corrected chi connectivity index (χ0v) is 16.1. The van der Waals surface area contributed by atoms with Crippen LogP contribution in [-0.4, -0.2) is 24.1 Å². The lowest BCUT2D eigenvalue weighted by molar-refractivity contribution is -0.138. The van der Waals surface area contributed by atoms with Gasteiger partial charge in [-0.1, -0.05) is 48.9 Å². The fraction of sp³-hybridized carbons (Fsp3) is 0.455. The Labute approximate surface area is 167 Å². The molecular weight excluding hydrogens is 387 g/mol. The topological polar surface area (TPSA) is 15.3 Å². The molecular formula is C22H25F5N2. The van der Waals surface area contributed by atoms with Crippen LogP contribution in [0.15, 0.2) is 54.6 Å². The quantitative estimate of drug-likeness (QED) is 0.579. The van der Waals surface area contributed by atoms with Gasteiger partial charge in [-0.2, -0.15) is 22.0 Å². The van der Waals surface area contributed by atoms with Crippen molar-refractivity contribution in [1.29, 1.82) is 0 Å². The minimum atomic E-state index is -4.66. The number of nitrogens with one attached hydrogen (secondary N) is 1. The van der Waals surface area contributed by atoms with E-state index in [0.29, 0.717) is 25.6 Å². The molecule has 0 radical (unpaired) electrons. The molecule has 0 saturated carbocycles. The predicted molar refractivity (Wildman–Crippen MR) is 102 cm³/mol. The second kappa shape index (κ2) is 9.22. The summed E-state index contributed by atoms with van der Waals surface area (Å²) in [7, 11) is 0. The normalized spacial score (nSPS) is 17.3. The molecule has 1 unspecified atom stereocenters. The standard InChI is InChI=1S/C22H25F5N2/c23-21(24,18-10-7-11-19(16-18)22(25,26)27)20(28-29-14-5-2-6-15-29)13-12-17-8-3-1-4-9-17/h1,3-4,7-11,16,20,28H,2,5-6,12-15H2. The summed E-state index contributed by atoms with van der Waals surface area (Å²) in [5, 5.41) is 1.78. The summed E-state index contributed by atoms with van der Waals surface area (Å²) in [4.78, 5) is 0. The van der Waals surface area contributed by atoms with E-state index in [1.807, 2.05) is 30.3 Å². The number of benzene rings is 2. The number of hydrogen-bond acceptors (Lipinski definition) is 2. The SMILES string of the molecule is FC(F)(F)c1cccc(C(F)(F)C(CCc2ccccc2)NN2CCCCC2)c1. The summed E-state index contributed by atoms with van der Waals surface area (Å²) < 4.78 is 69.9. The van der Waals surface area contributed by atoms with E-state index in [4.69, 9.17) is 0 Å². The molecule has 3 rings (SSSR count). The molecule has 2 aromatic rings. The smallest absolute Gasteiger partial charge is 0.246 e. The summed E-state index contributed by atoms with van der Waals surface area (Å²) in [6.45, 7) is 1.31. The van der Waals surface area contributed by atoms with Crippen molar-refractivity contribution in [3.63, 3.8) is 0 Å². The summed E-state index contributed by atoms with van der Waals surface area (Å²) in [6, 6.07) is 11.4. The molecule has 2 aromatic carbocycles. The Hall–Kier alpha value is -1.99. The maximum Gasteiger partial charge on any atom is 0.416 e. The number of rotatable bonds is 7. The van der Waals surface area contributed by atoms with Crippen molar-refractivity contribution in [3.8, 4) is 0 Å². The Morgan fingerprint density at radius 2 is 1.48 bits per heavy atom. The van der Waals surface area contributed by atoms with Gasteiger partial charge in [-0.05, 0) is 43.4 Å². The van der Waals surface area contributed by atoms with Gasteiger partial charge in [-0.15, -0.1) is 0 Å². The first kappa shape index (κ1) is 21.7. The largest absolute Gasteiger partial charge is 0.416 e. The number of nitrogens with zero attached hydrogens (tertiary/aromatic N) is 1. The molecule has 2 nitrogen and oxygen atoms in total. The number of hydrogen-bond donors (Lipinski definition) is 1. The van der Waals surface area contributed by atoms with Crippen LogP contribution in [-0.2, 0) is 18.5 Å². The fourth-order valence-electron chi connectivity index (χ4n) is 3.63. The molecule has 29 heavy (non-hydrogen) atoms. The van der Waals surface area contributed by atoms with Crippen LogP contribution >= 0.6 is 0 Å². The summed E-state index contributed by atoms with van der Waals surface area (Å²) in [5.74, 6) is -3.45. The van der Waals surface area contributed by atoms with Crippen molar-refractivity contribution in [2.75, 3.05) is 13.1 Å². The molecule has 158 valence electrons. The molecule has 0 bridgehead atoms. The lowest BCUT2D eigenvalue weighted by Crippen LogP contribution is -2.53. The van der Waals surface area contributed by atoms with Crippen molar-refractivity contribution in [3.05, 3.63) is 71.3 Å². The van der Waals surface area contributed by atoms with Gasteiger partial charge in [-0.3, -0.25) is 0 Å². The van der Waals surface area contributed by atoms with Crippen molar-refractivity contribution in [2.45, 2.75) is 50.2 Å². The predicted octanol–water partition coefficient (Wildman–Crippen LogP) is 5.79. The minimum absolute atomic E-state index is 0.101. The van der Waals surface area contributed by atoms with E-state index < -0.39 is 29.3 Å². The van der Waals surface area contributed by atoms with Gasteiger partial charge in [0.1, 0.15) is 0 Å². The van der Waals surface area contributed by atoms with E-state index in [0.717, 1.165) is 43.0 Å². The van der Waals surface area contributed by atoms with Crippen LogP contribution in [0, 0.1) is 0 Å². The van der Waals surface area contributed by atoms with Gasteiger partial charge in [0, 0.05) is 18.7 Å². The Morgan fingerprint density at radius 3 is 2.14 bits per heavy atom. The van der Waals surface area contributed by atoms with Crippen molar-refractivity contribution in [2.24, 2.45) is 0 Å². The van der Waals surface area contributed by atoms with E-state index in [9.17, 15) is 13.2 Å². The van der Waals surface area contributed by atoms with Gasteiger partial charge < -0.3 is 0 Å². The summed E-state index contributed by atoms with van der Waals surface area (Å²) >= 11 is 0. The van der Waals surface area contributed by atoms with Crippen molar-refractivity contribution >= 4 is 0 Å². The zero-order chi connectivity index (χ0) is 20.9. The van der Waals surface area contributed by atoms with E-state index >= 15 is 8.78 Å². The molecule has 1 N–H and O–H groups in total. The Morgan fingerprint density at radius 1 is 0.828 bits per heavy atom. The highest BCUT2D eigenvalue weighted by Gasteiger charge is 2.43. The molecule has 1 fully saturated rings. The Bertz CT molecular complexity index is 770. The van der Waals surface area contributed by atoms with E-state index in [1.54, 1.807) is 5.01 Å². The molecule has 1 aliphatic heterocycles. The number of alkyl halides is 5. The second-order valence-corrected chi connectivity index (χ2v) is 7.46. The molecule has 0 spiro atoms. The lowest BCUT2D eigenvalue weighted by atomic mass is 9.94. The number of piperidine rings is 1. The first-order valence-electron chi connectivity index (χ1n) is 9.87. The van der Waals surface area contributed by atoms with E-state index in [2.05, 4.69) is 5.43 Å². The molecule has 1 heterocycles. The molecule has 7 heteroatoms. The van der Waals surface area contributed by atoms with Gasteiger partial charge in [0.15, 0.2) is 0 Å². The second-order valence-electron chi connectivity index (χ2n) is 7.46. The monoisotopic (exact) mass is 412 g/mol. The van der Waals surface area contributed by atoms with Gasteiger partial charge >= 0.3 is 6.18 Å². The van der Waals surface area contributed by atoms with Crippen LogP contribution in [0.2, 0.25) is 0 Å².